The second-order valence-electron chi connectivity index (χ2n) is 4.28. The van der Waals surface area contributed by atoms with Crippen LogP contribution in [0.4, 0.5) is 0 Å². The Bertz CT molecular complexity index is 308. The fraction of sp³-hybridized carbons (Fsp3) is 0.750. The largest absolute Gasteiger partial charge is 0.378 e. The zero-order valence-electron chi connectivity index (χ0n) is 9.87. The Morgan fingerprint density at radius 2 is 2.50 bits per heavy atom. The predicted molar refractivity (Wildman–Crippen MR) is 67.0 cm³/mol. The first-order valence-electron chi connectivity index (χ1n) is 6.08. The molecule has 1 aliphatic heterocycles. The third-order valence-corrected chi connectivity index (χ3v) is 3.71. The van der Waals surface area contributed by atoms with E-state index in [1.165, 1.54) is 18.5 Å². The summed E-state index contributed by atoms with van der Waals surface area (Å²) in [6.07, 6.45) is 5.18. The van der Waals surface area contributed by atoms with Crippen molar-refractivity contribution < 1.29 is 4.74 Å². The van der Waals surface area contributed by atoms with Gasteiger partial charge in [-0.1, -0.05) is 0 Å². The first-order valence-corrected chi connectivity index (χ1v) is 6.96. The molecule has 1 unspecified atom stereocenters. The number of nitrogens with one attached hydrogen (secondary N) is 1. The van der Waals surface area contributed by atoms with Gasteiger partial charge >= 0.3 is 0 Å². The Balaban J connectivity index is 1.51. The molecule has 4 heteroatoms. The lowest BCUT2D eigenvalue weighted by molar-refractivity contribution is 0.104. The highest BCUT2D eigenvalue weighted by Crippen LogP contribution is 2.14. The molecule has 2 rings (SSSR count). The molecule has 2 heterocycles. The van der Waals surface area contributed by atoms with Gasteiger partial charge in [-0.2, -0.15) is 0 Å². The summed E-state index contributed by atoms with van der Waals surface area (Å²) in [5.74, 6) is 0. The van der Waals surface area contributed by atoms with E-state index in [1.807, 2.05) is 0 Å². The van der Waals surface area contributed by atoms with Crippen LogP contribution in [0.15, 0.2) is 5.38 Å². The first kappa shape index (κ1) is 12.0. The smallest absolute Gasteiger partial charge is 0.0897 e. The maximum atomic E-state index is 5.57. The number of rotatable bonds is 6. The molecule has 0 saturated carbocycles. The summed E-state index contributed by atoms with van der Waals surface area (Å²) in [7, 11) is 0. The molecule has 1 aromatic rings. The predicted octanol–water partition coefficient (Wildman–Crippen LogP) is 2.15. The highest BCUT2D eigenvalue weighted by molar-refractivity contribution is 7.09. The van der Waals surface area contributed by atoms with Crippen LogP contribution in [-0.4, -0.2) is 30.8 Å². The van der Waals surface area contributed by atoms with E-state index in [1.54, 1.807) is 11.3 Å². The van der Waals surface area contributed by atoms with Crippen molar-refractivity contribution in [1.82, 2.24) is 10.3 Å². The molecule has 1 atom stereocenters. The van der Waals surface area contributed by atoms with Crippen molar-refractivity contribution in [3.8, 4) is 0 Å². The Morgan fingerprint density at radius 1 is 1.56 bits per heavy atom. The van der Waals surface area contributed by atoms with Crippen molar-refractivity contribution in [2.24, 2.45) is 0 Å². The molecule has 16 heavy (non-hydrogen) atoms. The zero-order chi connectivity index (χ0) is 11.2. The van der Waals surface area contributed by atoms with Gasteiger partial charge in [0.05, 0.1) is 16.8 Å². The van der Waals surface area contributed by atoms with Gasteiger partial charge in [-0.3, -0.25) is 0 Å². The molecular weight excluding hydrogens is 220 g/mol. The summed E-state index contributed by atoms with van der Waals surface area (Å²) in [5.41, 5.74) is 1.21. The molecule has 0 spiro atoms. The number of aromatic nitrogens is 1. The minimum Gasteiger partial charge on any atom is -0.378 e. The fourth-order valence-corrected chi connectivity index (χ4v) is 2.65. The third kappa shape index (κ3) is 3.85. The van der Waals surface area contributed by atoms with Crippen LogP contribution in [-0.2, 0) is 11.2 Å². The lowest BCUT2D eigenvalue weighted by Crippen LogP contribution is -2.22. The van der Waals surface area contributed by atoms with Gasteiger partial charge in [-0.25, -0.2) is 4.98 Å². The van der Waals surface area contributed by atoms with Crippen molar-refractivity contribution in [3.05, 3.63) is 16.1 Å². The maximum Gasteiger partial charge on any atom is 0.0897 e. The number of ether oxygens (including phenoxy) is 1. The van der Waals surface area contributed by atoms with Gasteiger partial charge in [0.1, 0.15) is 0 Å². The molecule has 1 aromatic heterocycles. The molecule has 1 N–H and O–H groups in total. The van der Waals surface area contributed by atoms with Crippen LogP contribution in [0.1, 0.15) is 30.0 Å². The van der Waals surface area contributed by atoms with Gasteiger partial charge in [0.25, 0.3) is 0 Å². The van der Waals surface area contributed by atoms with Crippen LogP contribution in [0.25, 0.3) is 0 Å². The normalized spacial score (nSPS) is 20.4. The number of hydrogen-bond acceptors (Lipinski definition) is 4. The van der Waals surface area contributed by atoms with E-state index in [9.17, 15) is 0 Å². The van der Waals surface area contributed by atoms with Gasteiger partial charge in [-0.05, 0) is 32.7 Å². The van der Waals surface area contributed by atoms with Crippen molar-refractivity contribution in [1.29, 1.82) is 0 Å². The monoisotopic (exact) mass is 240 g/mol. The molecule has 3 nitrogen and oxygen atoms in total. The third-order valence-electron chi connectivity index (χ3n) is 2.89. The second-order valence-corrected chi connectivity index (χ2v) is 5.34. The molecule has 0 radical (unpaired) electrons. The average Bonchev–Trinajstić information content (AvgIpc) is 2.89. The summed E-state index contributed by atoms with van der Waals surface area (Å²) in [6.45, 7) is 5.10. The Hall–Kier alpha value is -0.450. The van der Waals surface area contributed by atoms with Gasteiger partial charge in [0.15, 0.2) is 0 Å². The molecule has 1 aliphatic rings. The summed E-state index contributed by atoms with van der Waals surface area (Å²) >= 11 is 1.73. The van der Waals surface area contributed by atoms with Gasteiger partial charge in [-0.15, -0.1) is 11.3 Å². The fourth-order valence-electron chi connectivity index (χ4n) is 2.00. The Kier molecular flexibility index (Phi) is 4.75. The topological polar surface area (TPSA) is 34.2 Å². The van der Waals surface area contributed by atoms with Crippen molar-refractivity contribution in [2.75, 3.05) is 19.7 Å². The molecule has 0 aromatic carbocycles. The summed E-state index contributed by atoms with van der Waals surface area (Å²) < 4.78 is 5.57. The summed E-state index contributed by atoms with van der Waals surface area (Å²) in [6, 6.07) is 0. The van der Waals surface area contributed by atoms with E-state index in [0.717, 1.165) is 37.5 Å². The standard InChI is InChI=1S/C12H20N2OS/c1-10-14-11(9-16-10)4-6-13-7-5-12-3-2-8-15-12/h9,12-13H,2-8H2,1H3. The van der Waals surface area contributed by atoms with Crippen LogP contribution in [0.5, 0.6) is 0 Å². The van der Waals surface area contributed by atoms with Crippen LogP contribution in [0.2, 0.25) is 0 Å². The Labute approximate surface area is 101 Å². The van der Waals surface area contributed by atoms with Gasteiger partial charge in [0, 0.05) is 25.0 Å². The highest BCUT2D eigenvalue weighted by atomic mass is 32.1. The Morgan fingerprint density at radius 3 is 3.19 bits per heavy atom. The van der Waals surface area contributed by atoms with Crippen molar-refractivity contribution in [2.45, 2.75) is 38.7 Å². The van der Waals surface area contributed by atoms with Gasteiger partial charge < -0.3 is 10.1 Å². The number of nitrogens with zero attached hydrogens (tertiary/aromatic N) is 1. The van der Waals surface area contributed by atoms with E-state index < -0.39 is 0 Å². The van der Waals surface area contributed by atoms with E-state index >= 15 is 0 Å². The molecular formula is C12H20N2OS. The molecule has 0 amide bonds. The SMILES string of the molecule is Cc1nc(CCNCCC2CCCO2)cs1. The van der Waals surface area contributed by atoms with Crippen LogP contribution in [0.3, 0.4) is 0 Å². The van der Waals surface area contributed by atoms with E-state index in [0.29, 0.717) is 6.10 Å². The lowest BCUT2D eigenvalue weighted by Gasteiger charge is -2.09. The summed E-state index contributed by atoms with van der Waals surface area (Å²) in [5, 5.41) is 6.77. The maximum absolute atomic E-state index is 5.57. The quantitative estimate of drug-likeness (QED) is 0.774. The number of thiazole rings is 1. The van der Waals surface area contributed by atoms with Crippen LogP contribution >= 0.6 is 11.3 Å². The molecule has 1 fully saturated rings. The minimum atomic E-state index is 0.508. The molecule has 90 valence electrons. The van der Waals surface area contributed by atoms with E-state index in [4.69, 9.17) is 4.74 Å². The van der Waals surface area contributed by atoms with Crippen LogP contribution < -0.4 is 5.32 Å². The first-order chi connectivity index (χ1) is 7.84. The van der Waals surface area contributed by atoms with Crippen molar-refractivity contribution >= 4 is 11.3 Å². The number of hydrogen-bond donors (Lipinski definition) is 1. The highest BCUT2D eigenvalue weighted by Gasteiger charge is 2.14. The molecule has 1 saturated heterocycles. The van der Waals surface area contributed by atoms with E-state index in [2.05, 4.69) is 22.6 Å². The van der Waals surface area contributed by atoms with Crippen molar-refractivity contribution in [3.63, 3.8) is 0 Å². The average molecular weight is 240 g/mol. The minimum absolute atomic E-state index is 0.508. The summed E-state index contributed by atoms with van der Waals surface area (Å²) in [4.78, 5) is 4.44. The lowest BCUT2D eigenvalue weighted by atomic mass is 10.2. The molecule has 0 aliphatic carbocycles. The number of aryl methyl sites for hydroxylation is 1. The zero-order valence-corrected chi connectivity index (χ0v) is 10.7. The second kappa shape index (κ2) is 6.33. The van der Waals surface area contributed by atoms with Crippen LogP contribution in [0, 0.1) is 6.92 Å². The van der Waals surface area contributed by atoms with Gasteiger partial charge in [0.2, 0.25) is 0 Å². The van der Waals surface area contributed by atoms with E-state index in [-0.39, 0.29) is 0 Å². The molecule has 0 bridgehead atoms.